The topological polar surface area (TPSA) is 96.7 Å². The number of nitrogens with zero attached hydrogens (tertiary/aromatic N) is 7. The monoisotopic (exact) mass is 409 g/mol. The number of imidazole rings is 1. The lowest BCUT2D eigenvalue weighted by Gasteiger charge is -2.08. The summed E-state index contributed by atoms with van der Waals surface area (Å²) in [5.74, 6) is 3.05. The highest BCUT2D eigenvalue weighted by Crippen LogP contribution is 2.40. The number of ether oxygens (including phenoxy) is 1. The van der Waals surface area contributed by atoms with Crippen molar-refractivity contribution in [1.29, 1.82) is 0 Å². The predicted octanol–water partition coefficient (Wildman–Crippen LogP) is 3.22. The normalized spacial score (nSPS) is 15.0. The molecule has 1 aliphatic heterocycles. The zero-order valence-electron chi connectivity index (χ0n) is 15.5. The number of benzene rings is 1. The number of fused-ring (bicyclic) bond motifs is 5. The molecule has 146 valence electrons. The summed E-state index contributed by atoms with van der Waals surface area (Å²) >= 11 is 6.29. The van der Waals surface area contributed by atoms with Crippen molar-refractivity contribution in [1.82, 2.24) is 34.5 Å². The van der Waals surface area contributed by atoms with E-state index in [9.17, 15) is 0 Å². The third kappa shape index (κ3) is 2.61. The minimum atomic E-state index is 0.346. The van der Waals surface area contributed by atoms with Crippen molar-refractivity contribution in [3.05, 3.63) is 46.9 Å². The van der Waals surface area contributed by atoms with Gasteiger partial charge in [0.25, 0.3) is 5.89 Å². The second-order valence-corrected chi connectivity index (χ2v) is 7.70. The minimum absolute atomic E-state index is 0.346. The van der Waals surface area contributed by atoms with Crippen LogP contribution in [0, 0.1) is 0 Å². The molecule has 1 aromatic carbocycles. The molecule has 0 radical (unpaired) electrons. The van der Waals surface area contributed by atoms with Crippen LogP contribution in [0.2, 0.25) is 5.02 Å². The molecule has 0 unspecified atom stereocenters. The Morgan fingerprint density at radius 1 is 1.28 bits per heavy atom. The van der Waals surface area contributed by atoms with E-state index in [4.69, 9.17) is 20.9 Å². The Hall–Kier alpha value is -3.04. The highest BCUT2D eigenvalue weighted by molar-refractivity contribution is 6.31. The van der Waals surface area contributed by atoms with Gasteiger partial charge in [0.15, 0.2) is 23.2 Å². The molecule has 0 bridgehead atoms. The molecule has 0 saturated heterocycles. The molecule has 9 nitrogen and oxygen atoms in total. The molecule has 29 heavy (non-hydrogen) atoms. The van der Waals surface area contributed by atoms with Crippen molar-refractivity contribution in [2.45, 2.75) is 31.9 Å². The first-order chi connectivity index (χ1) is 14.2. The summed E-state index contributed by atoms with van der Waals surface area (Å²) in [6.45, 7) is 0.836. The van der Waals surface area contributed by atoms with Crippen LogP contribution in [0.3, 0.4) is 0 Å². The van der Waals surface area contributed by atoms with Gasteiger partial charge in [-0.25, -0.2) is 4.98 Å². The fourth-order valence-electron chi connectivity index (χ4n) is 3.73. The van der Waals surface area contributed by atoms with Crippen molar-refractivity contribution in [3.63, 3.8) is 0 Å². The van der Waals surface area contributed by atoms with Crippen LogP contribution in [0.25, 0.3) is 28.7 Å². The Balaban J connectivity index is 1.56. The van der Waals surface area contributed by atoms with E-state index in [1.54, 1.807) is 13.4 Å². The molecule has 2 aliphatic rings. The summed E-state index contributed by atoms with van der Waals surface area (Å²) in [6.07, 6.45) is 3.99. The number of hydrogen-bond acceptors (Lipinski definition) is 7. The zero-order chi connectivity index (χ0) is 19.5. The van der Waals surface area contributed by atoms with E-state index in [1.165, 1.54) is 0 Å². The molecule has 10 heteroatoms. The Kier molecular flexibility index (Phi) is 3.62. The quantitative estimate of drug-likeness (QED) is 0.449. The van der Waals surface area contributed by atoms with E-state index >= 15 is 0 Å². The van der Waals surface area contributed by atoms with Crippen LogP contribution in [-0.2, 0) is 17.9 Å². The first-order valence-electron chi connectivity index (χ1n) is 9.34. The molecule has 0 amide bonds. The highest BCUT2D eigenvalue weighted by Gasteiger charge is 2.31. The number of rotatable bonds is 4. The van der Waals surface area contributed by atoms with E-state index in [0.29, 0.717) is 35.7 Å². The molecule has 0 N–H and O–H groups in total. The molecule has 4 heterocycles. The standard InChI is InChI=1S/C19H16ClN7O2/c1-28-8-15-23-24-18-12-6-11(20)4-5-13(12)27-9-21-16(14(27)7-26(15)18)19-22-17(25-29-19)10-2-3-10/h4-6,9-10H,2-3,7-8H2,1H3. The van der Waals surface area contributed by atoms with E-state index in [-0.39, 0.29) is 0 Å². The number of hydrogen-bond donors (Lipinski definition) is 0. The minimum Gasteiger partial charge on any atom is -0.377 e. The van der Waals surface area contributed by atoms with Crippen molar-refractivity contribution in [2.24, 2.45) is 0 Å². The van der Waals surface area contributed by atoms with Gasteiger partial charge in [0.2, 0.25) is 0 Å². The number of methoxy groups -OCH3 is 1. The van der Waals surface area contributed by atoms with Gasteiger partial charge in [0, 0.05) is 23.6 Å². The van der Waals surface area contributed by atoms with Crippen LogP contribution in [0.1, 0.15) is 36.1 Å². The van der Waals surface area contributed by atoms with Crippen molar-refractivity contribution in [2.75, 3.05) is 7.11 Å². The second-order valence-electron chi connectivity index (χ2n) is 7.26. The summed E-state index contributed by atoms with van der Waals surface area (Å²) in [7, 11) is 1.64. The van der Waals surface area contributed by atoms with Crippen LogP contribution in [0.5, 0.6) is 0 Å². The summed E-state index contributed by atoms with van der Waals surface area (Å²) in [6, 6.07) is 5.70. The van der Waals surface area contributed by atoms with E-state index in [2.05, 4.69) is 25.3 Å². The smallest absolute Gasteiger partial charge is 0.278 e. The first-order valence-corrected chi connectivity index (χ1v) is 9.72. The predicted molar refractivity (Wildman–Crippen MR) is 103 cm³/mol. The molecule has 0 atom stereocenters. The largest absolute Gasteiger partial charge is 0.377 e. The number of halogens is 1. The van der Waals surface area contributed by atoms with E-state index in [1.807, 2.05) is 27.3 Å². The summed E-state index contributed by atoms with van der Waals surface area (Å²) in [4.78, 5) is 9.19. The second kappa shape index (κ2) is 6.23. The number of aromatic nitrogens is 7. The maximum Gasteiger partial charge on any atom is 0.278 e. The van der Waals surface area contributed by atoms with Crippen LogP contribution >= 0.6 is 11.6 Å². The van der Waals surface area contributed by atoms with Crippen molar-refractivity contribution < 1.29 is 9.26 Å². The van der Waals surface area contributed by atoms with Gasteiger partial charge in [-0.15, -0.1) is 10.2 Å². The lowest BCUT2D eigenvalue weighted by Crippen LogP contribution is -2.09. The third-order valence-electron chi connectivity index (χ3n) is 5.32. The van der Waals surface area contributed by atoms with Gasteiger partial charge < -0.3 is 13.8 Å². The van der Waals surface area contributed by atoms with Gasteiger partial charge in [-0.2, -0.15) is 4.98 Å². The van der Waals surface area contributed by atoms with Crippen LogP contribution in [-0.4, -0.2) is 41.6 Å². The molecule has 1 saturated carbocycles. The Morgan fingerprint density at radius 2 is 2.17 bits per heavy atom. The van der Waals surface area contributed by atoms with Gasteiger partial charge in [-0.3, -0.25) is 4.57 Å². The SMILES string of the molecule is COCc1nnc2n1Cc1c(-c3nc(C4CC4)no3)ncn1-c1ccc(Cl)cc1-2. The average Bonchev–Trinajstić information content (AvgIpc) is 3.16. The maximum atomic E-state index is 6.29. The van der Waals surface area contributed by atoms with E-state index in [0.717, 1.165) is 47.3 Å². The Morgan fingerprint density at radius 3 is 3.00 bits per heavy atom. The molecule has 3 aromatic heterocycles. The fraction of sp³-hybridized carbons (Fsp3) is 0.316. The Bertz CT molecular complexity index is 1240. The van der Waals surface area contributed by atoms with Gasteiger partial charge in [-0.05, 0) is 31.0 Å². The highest BCUT2D eigenvalue weighted by atomic mass is 35.5. The fourth-order valence-corrected chi connectivity index (χ4v) is 3.91. The molecule has 1 fully saturated rings. The Labute approximate surface area is 170 Å². The molecule has 6 rings (SSSR count). The zero-order valence-corrected chi connectivity index (χ0v) is 16.3. The van der Waals surface area contributed by atoms with Crippen LogP contribution in [0.15, 0.2) is 29.0 Å². The average molecular weight is 410 g/mol. The maximum absolute atomic E-state index is 6.29. The summed E-state index contributed by atoms with van der Waals surface area (Å²) in [5.41, 5.74) is 3.37. The van der Waals surface area contributed by atoms with Gasteiger partial charge in [0.1, 0.15) is 12.9 Å². The van der Waals surface area contributed by atoms with Gasteiger partial charge >= 0.3 is 0 Å². The molecule has 1 aliphatic carbocycles. The molecular weight excluding hydrogens is 394 g/mol. The molecule has 4 aromatic rings. The van der Waals surface area contributed by atoms with Crippen LogP contribution < -0.4 is 0 Å². The van der Waals surface area contributed by atoms with E-state index < -0.39 is 0 Å². The van der Waals surface area contributed by atoms with Gasteiger partial charge in [0.05, 0.1) is 17.9 Å². The lowest BCUT2D eigenvalue weighted by atomic mass is 10.1. The summed E-state index contributed by atoms with van der Waals surface area (Å²) < 4.78 is 14.9. The van der Waals surface area contributed by atoms with Crippen molar-refractivity contribution in [3.8, 4) is 28.7 Å². The lowest BCUT2D eigenvalue weighted by molar-refractivity contribution is 0.174. The summed E-state index contributed by atoms with van der Waals surface area (Å²) in [5, 5.41) is 13.5. The third-order valence-corrected chi connectivity index (χ3v) is 5.56. The molecular formula is C19H16ClN7O2. The first kappa shape index (κ1) is 16.9. The van der Waals surface area contributed by atoms with Crippen molar-refractivity contribution >= 4 is 11.6 Å². The molecule has 0 spiro atoms. The van der Waals surface area contributed by atoms with Crippen LogP contribution in [0.4, 0.5) is 0 Å². The van der Waals surface area contributed by atoms with Gasteiger partial charge in [-0.1, -0.05) is 16.8 Å².